The minimum absolute atomic E-state index is 1.05. The van der Waals surface area contributed by atoms with Gasteiger partial charge in [0.25, 0.3) is 0 Å². The average molecular weight is 166 g/mol. The van der Waals surface area contributed by atoms with E-state index in [4.69, 9.17) is 9.15 Å². The zero-order valence-corrected chi connectivity index (χ0v) is 8.69. The lowest BCUT2D eigenvalue weighted by atomic mass is 11.9. The predicted octanol–water partition coefficient (Wildman–Crippen LogP) is 0.833. The molecular weight excluding hydrogens is 152 g/mol. The Labute approximate surface area is 59.2 Å². The van der Waals surface area contributed by atoms with Crippen molar-refractivity contribution in [3.8, 4) is 0 Å². The van der Waals surface area contributed by atoms with E-state index in [0.717, 1.165) is 0 Å². The standard InChI is InChI=1S/C4H14O3Si2/c1-8(2)6-5-7-9(3)4/h8-9H,1-4H3. The molecular formula is C4H14O3Si2. The fourth-order valence-electron chi connectivity index (χ4n) is 0.180. The van der Waals surface area contributed by atoms with E-state index in [2.05, 4.69) is 5.04 Å². The Morgan fingerprint density at radius 1 is 0.778 bits per heavy atom. The average Bonchev–Trinajstić information content (AvgIpc) is 1.63. The lowest BCUT2D eigenvalue weighted by Gasteiger charge is -2.06. The highest BCUT2D eigenvalue weighted by Gasteiger charge is 1.99. The lowest BCUT2D eigenvalue weighted by Crippen LogP contribution is -2.14. The van der Waals surface area contributed by atoms with Gasteiger partial charge in [-0.2, -0.15) is 0 Å². The van der Waals surface area contributed by atoms with Gasteiger partial charge in [0.2, 0.25) is 18.1 Å². The Morgan fingerprint density at radius 2 is 1.11 bits per heavy atom. The van der Waals surface area contributed by atoms with Crippen LogP contribution >= 0.6 is 0 Å². The molecule has 0 amide bonds. The van der Waals surface area contributed by atoms with Crippen LogP contribution in [-0.2, 0) is 14.2 Å². The van der Waals surface area contributed by atoms with Crippen LogP contribution < -0.4 is 0 Å². The van der Waals surface area contributed by atoms with Crippen molar-refractivity contribution in [2.45, 2.75) is 26.2 Å². The zero-order valence-electron chi connectivity index (χ0n) is 6.38. The summed E-state index contributed by atoms with van der Waals surface area (Å²) < 4.78 is 9.61. The fourth-order valence-corrected chi connectivity index (χ4v) is 0.676. The van der Waals surface area contributed by atoms with Gasteiger partial charge in [0, 0.05) is 0 Å². The first-order valence-electron chi connectivity index (χ1n) is 3.11. The molecule has 9 heavy (non-hydrogen) atoms. The van der Waals surface area contributed by atoms with E-state index in [-0.39, 0.29) is 0 Å². The summed E-state index contributed by atoms with van der Waals surface area (Å²) in [4.78, 5) is 0. The first kappa shape index (κ1) is 9.31. The number of rotatable bonds is 4. The Balaban J connectivity index is 2.91. The summed E-state index contributed by atoms with van der Waals surface area (Å²) >= 11 is 0. The van der Waals surface area contributed by atoms with E-state index in [9.17, 15) is 0 Å². The molecule has 0 rings (SSSR count). The first-order valence-corrected chi connectivity index (χ1v) is 8.68. The van der Waals surface area contributed by atoms with Crippen molar-refractivity contribution < 1.29 is 14.2 Å². The quantitative estimate of drug-likeness (QED) is 0.352. The largest absolute Gasteiger partial charge is 0.262 e. The molecule has 0 N–H and O–H groups in total. The van der Waals surface area contributed by atoms with Crippen molar-refractivity contribution in [3.63, 3.8) is 0 Å². The molecule has 0 heterocycles. The van der Waals surface area contributed by atoms with Crippen LogP contribution in [0, 0.1) is 0 Å². The third-order valence-corrected chi connectivity index (χ3v) is 1.39. The van der Waals surface area contributed by atoms with Crippen molar-refractivity contribution in [2.75, 3.05) is 0 Å². The lowest BCUT2D eigenvalue weighted by molar-refractivity contribution is -0.422. The van der Waals surface area contributed by atoms with Crippen LogP contribution in [0.5, 0.6) is 0 Å². The van der Waals surface area contributed by atoms with Gasteiger partial charge in [-0.05, 0) is 26.2 Å². The molecule has 0 fully saturated rings. The summed E-state index contributed by atoms with van der Waals surface area (Å²) in [6, 6.07) is 0. The van der Waals surface area contributed by atoms with E-state index in [0.29, 0.717) is 0 Å². The molecule has 3 nitrogen and oxygen atoms in total. The van der Waals surface area contributed by atoms with Crippen LogP contribution in [0.3, 0.4) is 0 Å². The van der Waals surface area contributed by atoms with E-state index < -0.39 is 18.1 Å². The summed E-state index contributed by atoms with van der Waals surface area (Å²) in [6.45, 7) is 8.08. The van der Waals surface area contributed by atoms with Crippen LogP contribution in [0.2, 0.25) is 26.2 Å². The van der Waals surface area contributed by atoms with E-state index in [1.54, 1.807) is 0 Å². The molecule has 0 aliphatic carbocycles. The van der Waals surface area contributed by atoms with Gasteiger partial charge in [-0.25, -0.2) is 0 Å². The molecule has 0 aromatic heterocycles. The Kier molecular flexibility index (Phi) is 5.31. The maximum atomic E-state index is 4.80. The van der Waals surface area contributed by atoms with Crippen LogP contribution in [0.15, 0.2) is 0 Å². The summed E-state index contributed by atoms with van der Waals surface area (Å²) in [7, 11) is -2.11. The summed E-state index contributed by atoms with van der Waals surface area (Å²) in [5.41, 5.74) is 0. The molecule has 0 saturated heterocycles. The molecule has 0 bridgehead atoms. The van der Waals surface area contributed by atoms with Crippen molar-refractivity contribution in [1.82, 2.24) is 0 Å². The summed E-state index contributed by atoms with van der Waals surface area (Å²) in [6.07, 6.45) is 0. The molecule has 0 radical (unpaired) electrons. The smallest absolute Gasteiger partial charge is 0.222 e. The Hall–Kier alpha value is 0.314. The van der Waals surface area contributed by atoms with Crippen molar-refractivity contribution >= 4 is 18.1 Å². The number of hydrogen-bond donors (Lipinski definition) is 0. The maximum Gasteiger partial charge on any atom is 0.222 e. The van der Waals surface area contributed by atoms with Crippen molar-refractivity contribution in [1.29, 1.82) is 0 Å². The summed E-state index contributed by atoms with van der Waals surface area (Å²) in [5.74, 6) is 0. The maximum absolute atomic E-state index is 4.80. The highest BCUT2D eigenvalue weighted by atomic mass is 28.3. The van der Waals surface area contributed by atoms with E-state index >= 15 is 0 Å². The predicted molar refractivity (Wildman–Crippen MR) is 41.0 cm³/mol. The van der Waals surface area contributed by atoms with E-state index in [1.165, 1.54) is 0 Å². The SMILES string of the molecule is C[SiH](C)OOO[SiH](C)C. The van der Waals surface area contributed by atoms with Crippen molar-refractivity contribution in [3.05, 3.63) is 0 Å². The van der Waals surface area contributed by atoms with Gasteiger partial charge in [0.05, 0.1) is 0 Å². The van der Waals surface area contributed by atoms with Gasteiger partial charge in [-0.3, -0.25) is 9.15 Å². The summed E-state index contributed by atoms with van der Waals surface area (Å²) in [5, 5.41) is 4.48. The van der Waals surface area contributed by atoms with Gasteiger partial charge in [0.15, 0.2) is 0 Å². The van der Waals surface area contributed by atoms with Crippen molar-refractivity contribution in [2.24, 2.45) is 0 Å². The second kappa shape index (κ2) is 5.13. The van der Waals surface area contributed by atoms with Gasteiger partial charge in [-0.15, -0.1) is 0 Å². The zero-order chi connectivity index (χ0) is 7.28. The molecule has 0 aromatic carbocycles. The molecule has 0 aromatic rings. The molecule has 56 valence electrons. The minimum Gasteiger partial charge on any atom is -0.262 e. The van der Waals surface area contributed by atoms with Crippen LogP contribution in [-0.4, -0.2) is 18.1 Å². The fraction of sp³-hybridized carbons (Fsp3) is 1.00. The van der Waals surface area contributed by atoms with Gasteiger partial charge in [-0.1, -0.05) is 5.04 Å². The third kappa shape index (κ3) is 8.31. The van der Waals surface area contributed by atoms with Crippen LogP contribution in [0.1, 0.15) is 0 Å². The number of hydrogen-bond acceptors (Lipinski definition) is 3. The Bertz CT molecular complexity index is 58.8. The molecule has 0 atom stereocenters. The second-order valence-corrected chi connectivity index (χ2v) is 6.94. The monoisotopic (exact) mass is 166 g/mol. The second-order valence-electron chi connectivity index (χ2n) is 2.36. The highest BCUT2D eigenvalue weighted by Crippen LogP contribution is 1.89. The molecule has 0 aliphatic rings. The van der Waals surface area contributed by atoms with Gasteiger partial charge in [0.1, 0.15) is 0 Å². The molecule has 0 spiro atoms. The first-order chi connectivity index (χ1) is 4.13. The Morgan fingerprint density at radius 3 is 1.33 bits per heavy atom. The minimum atomic E-state index is -1.05. The molecule has 0 aliphatic heterocycles. The highest BCUT2D eigenvalue weighted by molar-refractivity contribution is 6.48. The normalized spacial score (nSPS) is 11.3. The molecule has 5 heteroatoms. The van der Waals surface area contributed by atoms with Crippen LogP contribution in [0.25, 0.3) is 0 Å². The van der Waals surface area contributed by atoms with Gasteiger partial charge < -0.3 is 0 Å². The molecule has 0 unspecified atom stereocenters. The van der Waals surface area contributed by atoms with E-state index in [1.807, 2.05) is 26.2 Å². The topological polar surface area (TPSA) is 27.7 Å². The third-order valence-electron chi connectivity index (χ3n) is 0.463. The van der Waals surface area contributed by atoms with Crippen LogP contribution in [0.4, 0.5) is 0 Å². The van der Waals surface area contributed by atoms with Gasteiger partial charge >= 0.3 is 0 Å². The molecule has 0 saturated carbocycles.